The van der Waals surface area contributed by atoms with Gasteiger partial charge >= 0.3 is 6.09 Å². The molecule has 1 saturated carbocycles. The number of alkyl carbamates (subject to hydrolysis) is 1. The third kappa shape index (κ3) is 10.2. The van der Waals surface area contributed by atoms with Gasteiger partial charge in [0.1, 0.15) is 23.4 Å². The van der Waals surface area contributed by atoms with Gasteiger partial charge in [0.15, 0.2) is 0 Å². The normalized spacial score (nSPS) is 15.7. The van der Waals surface area contributed by atoms with Crippen LogP contribution in [0.2, 0.25) is 0 Å². The molecule has 2 unspecified atom stereocenters. The molecule has 1 aromatic rings. The quantitative estimate of drug-likeness (QED) is 0.302. The number of nitrogens with zero attached hydrogens (tertiary/aromatic N) is 1. The zero-order valence-electron chi connectivity index (χ0n) is 23.1. The molecular formula is C28H44N4O6. The van der Waals surface area contributed by atoms with Gasteiger partial charge in [-0.3, -0.25) is 14.4 Å². The van der Waals surface area contributed by atoms with E-state index in [-0.39, 0.29) is 24.2 Å². The van der Waals surface area contributed by atoms with E-state index in [1.807, 2.05) is 6.92 Å². The van der Waals surface area contributed by atoms with Crippen LogP contribution >= 0.6 is 0 Å². The SMILES string of the molecule is CCCCCN(C(=O)C(CC(N)=O)NC(=O)OC(C)(C)C)C(C(=O)NC1CCCCC1)c1cccc(O)c1. The summed E-state index contributed by atoms with van der Waals surface area (Å²) < 4.78 is 5.30. The molecule has 2 atom stereocenters. The van der Waals surface area contributed by atoms with E-state index < -0.39 is 42.0 Å². The Morgan fingerprint density at radius 3 is 2.39 bits per heavy atom. The third-order valence-electron chi connectivity index (χ3n) is 6.38. The number of primary amides is 1. The molecule has 1 aliphatic rings. The minimum absolute atomic E-state index is 0.00930. The number of unbranched alkanes of at least 4 members (excludes halogenated alkanes) is 2. The van der Waals surface area contributed by atoms with Gasteiger partial charge in [-0.05, 0) is 57.7 Å². The molecule has 1 aromatic carbocycles. The van der Waals surface area contributed by atoms with E-state index in [1.54, 1.807) is 32.9 Å². The highest BCUT2D eigenvalue weighted by atomic mass is 16.6. The summed E-state index contributed by atoms with van der Waals surface area (Å²) in [6.07, 6.45) is 5.82. The molecule has 0 aromatic heterocycles. The fourth-order valence-electron chi connectivity index (χ4n) is 4.64. The highest BCUT2D eigenvalue weighted by molar-refractivity contribution is 5.94. The van der Waals surface area contributed by atoms with E-state index in [9.17, 15) is 24.3 Å². The van der Waals surface area contributed by atoms with E-state index in [1.165, 1.54) is 17.0 Å². The van der Waals surface area contributed by atoms with Gasteiger partial charge in [0.05, 0.1) is 6.42 Å². The monoisotopic (exact) mass is 532 g/mol. The molecule has 0 heterocycles. The number of aromatic hydroxyl groups is 1. The lowest BCUT2D eigenvalue weighted by atomic mass is 9.94. The second kappa shape index (κ2) is 14.6. The highest BCUT2D eigenvalue weighted by Crippen LogP contribution is 2.28. The number of carbonyl (C=O) groups excluding carboxylic acids is 4. The fraction of sp³-hybridized carbons (Fsp3) is 0.643. The van der Waals surface area contributed by atoms with E-state index in [4.69, 9.17) is 10.5 Å². The molecule has 1 aliphatic carbocycles. The number of hydrogen-bond acceptors (Lipinski definition) is 6. The molecule has 5 N–H and O–H groups in total. The van der Waals surface area contributed by atoms with Crippen LogP contribution in [0.25, 0.3) is 0 Å². The first-order valence-corrected chi connectivity index (χ1v) is 13.6. The maximum Gasteiger partial charge on any atom is 0.408 e. The lowest BCUT2D eigenvalue weighted by Gasteiger charge is -2.35. The Hall–Kier alpha value is -3.30. The second-order valence-electron chi connectivity index (χ2n) is 10.9. The number of ether oxygens (including phenoxy) is 1. The summed E-state index contributed by atoms with van der Waals surface area (Å²) in [6, 6.07) is 3.81. The van der Waals surface area contributed by atoms with Crippen LogP contribution in [0.5, 0.6) is 5.75 Å². The van der Waals surface area contributed by atoms with Gasteiger partial charge in [-0.25, -0.2) is 4.79 Å². The van der Waals surface area contributed by atoms with Crippen LogP contribution in [0.3, 0.4) is 0 Å². The Labute approximate surface area is 225 Å². The molecule has 0 bridgehead atoms. The van der Waals surface area contributed by atoms with Gasteiger partial charge in [0, 0.05) is 12.6 Å². The number of phenols is 1. The first-order valence-electron chi connectivity index (χ1n) is 13.6. The van der Waals surface area contributed by atoms with Gasteiger partial charge in [-0.1, -0.05) is 51.2 Å². The van der Waals surface area contributed by atoms with Crippen LogP contribution in [0.1, 0.15) is 97.1 Å². The Kier molecular flexibility index (Phi) is 11.9. The number of hydrogen-bond donors (Lipinski definition) is 4. The van der Waals surface area contributed by atoms with Crippen LogP contribution in [0.4, 0.5) is 4.79 Å². The van der Waals surface area contributed by atoms with Gasteiger partial charge < -0.3 is 31.1 Å². The first-order chi connectivity index (χ1) is 17.9. The third-order valence-corrected chi connectivity index (χ3v) is 6.38. The average Bonchev–Trinajstić information content (AvgIpc) is 2.82. The minimum Gasteiger partial charge on any atom is -0.508 e. The summed E-state index contributed by atoms with van der Waals surface area (Å²) in [5, 5.41) is 15.8. The van der Waals surface area contributed by atoms with Gasteiger partial charge in [0.2, 0.25) is 17.7 Å². The maximum atomic E-state index is 14.0. The van der Waals surface area contributed by atoms with Crippen molar-refractivity contribution in [3.63, 3.8) is 0 Å². The molecule has 0 radical (unpaired) electrons. The summed E-state index contributed by atoms with van der Waals surface area (Å²) in [4.78, 5) is 53.6. The van der Waals surface area contributed by atoms with E-state index in [0.29, 0.717) is 12.0 Å². The predicted molar refractivity (Wildman–Crippen MR) is 144 cm³/mol. The molecule has 0 saturated heterocycles. The molecular weight excluding hydrogens is 488 g/mol. The Morgan fingerprint density at radius 1 is 1.13 bits per heavy atom. The lowest BCUT2D eigenvalue weighted by molar-refractivity contribution is -0.143. The number of carbonyl (C=O) groups is 4. The molecule has 38 heavy (non-hydrogen) atoms. The standard InChI is InChI=1S/C28H44N4O6/c1-5-6-10-16-32(26(36)22(18-23(29)34)31-27(37)38-28(2,3)4)24(19-12-11-15-21(33)17-19)25(35)30-20-13-8-7-9-14-20/h11-12,15,17,20,22,24,33H,5-10,13-14,16,18H2,1-4H3,(H2,29,34)(H,30,35)(H,31,37). The van der Waals surface area contributed by atoms with Gasteiger partial charge in [-0.15, -0.1) is 0 Å². The molecule has 0 aliphatic heterocycles. The smallest absolute Gasteiger partial charge is 0.408 e. The van der Waals surface area contributed by atoms with Crippen molar-refractivity contribution in [2.75, 3.05) is 6.54 Å². The topological polar surface area (TPSA) is 151 Å². The molecule has 2 rings (SSSR count). The number of nitrogens with two attached hydrogens (primary N) is 1. The van der Waals surface area contributed by atoms with Crippen molar-refractivity contribution in [1.29, 1.82) is 0 Å². The highest BCUT2D eigenvalue weighted by Gasteiger charge is 2.37. The number of amides is 4. The van der Waals surface area contributed by atoms with Crippen LogP contribution in [0, 0.1) is 0 Å². The molecule has 0 spiro atoms. The van der Waals surface area contributed by atoms with Crippen molar-refractivity contribution < 1.29 is 29.0 Å². The van der Waals surface area contributed by atoms with E-state index in [0.717, 1.165) is 44.9 Å². The Balaban J connectivity index is 2.46. The summed E-state index contributed by atoms with van der Waals surface area (Å²) in [5.41, 5.74) is 5.04. The number of rotatable bonds is 12. The van der Waals surface area contributed by atoms with E-state index >= 15 is 0 Å². The average molecular weight is 533 g/mol. The van der Waals surface area contributed by atoms with Crippen LogP contribution in [-0.2, 0) is 19.1 Å². The largest absolute Gasteiger partial charge is 0.508 e. The van der Waals surface area contributed by atoms with E-state index in [2.05, 4.69) is 10.6 Å². The van der Waals surface area contributed by atoms with Crippen molar-refractivity contribution >= 4 is 23.8 Å². The molecule has 212 valence electrons. The van der Waals surface area contributed by atoms with Crippen molar-refractivity contribution in [3.8, 4) is 5.75 Å². The zero-order chi connectivity index (χ0) is 28.3. The van der Waals surface area contributed by atoms with Gasteiger partial charge in [0.25, 0.3) is 0 Å². The summed E-state index contributed by atoms with van der Waals surface area (Å²) >= 11 is 0. The zero-order valence-corrected chi connectivity index (χ0v) is 23.1. The minimum atomic E-state index is -1.33. The molecule has 10 heteroatoms. The van der Waals surface area contributed by atoms with Crippen LogP contribution in [0.15, 0.2) is 24.3 Å². The van der Waals surface area contributed by atoms with Crippen molar-refractivity contribution in [3.05, 3.63) is 29.8 Å². The number of benzene rings is 1. The van der Waals surface area contributed by atoms with Crippen molar-refractivity contribution in [1.82, 2.24) is 15.5 Å². The van der Waals surface area contributed by atoms with Gasteiger partial charge in [-0.2, -0.15) is 0 Å². The summed E-state index contributed by atoms with van der Waals surface area (Å²) in [6.45, 7) is 7.27. The van der Waals surface area contributed by atoms with Crippen molar-refractivity contribution in [2.45, 2.75) is 109 Å². The predicted octanol–water partition coefficient (Wildman–Crippen LogP) is 3.67. The Morgan fingerprint density at radius 2 is 1.82 bits per heavy atom. The lowest BCUT2D eigenvalue weighted by Crippen LogP contribution is -2.55. The van der Waals surface area contributed by atoms with Crippen LogP contribution in [-0.4, -0.2) is 58.1 Å². The summed E-state index contributed by atoms with van der Waals surface area (Å²) in [7, 11) is 0. The maximum absolute atomic E-state index is 14.0. The number of nitrogens with one attached hydrogen (secondary N) is 2. The Bertz CT molecular complexity index is 955. The fourth-order valence-corrected chi connectivity index (χ4v) is 4.64. The number of phenolic OH excluding ortho intramolecular Hbond substituents is 1. The second-order valence-corrected chi connectivity index (χ2v) is 10.9. The summed E-state index contributed by atoms with van der Waals surface area (Å²) in [5.74, 6) is -1.83. The first kappa shape index (κ1) is 30.9. The van der Waals surface area contributed by atoms with Crippen molar-refractivity contribution in [2.24, 2.45) is 5.73 Å². The van der Waals surface area contributed by atoms with Crippen LogP contribution < -0.4 is 16.4 Å². The molecule has 1 fully saturated rings. The molecule has 10 nitrogen and oxygen atoms in total. The molecule has 4 amide bonds.